The van der Waals surface area contributed by atoms with Crippen molar-refractivity contribution < 1.29 is 4.74 Å². The lowest BCUT2D eigenvalue weighted by Crippen LogP contribution is -2.50. The smallest absolute Gasteiger partial charge is 0.0954 e. The third kappa shape index (κ3) is 2.00. The zero-order chi connectivity index (χ0) is 11.9. The molecular weight excluding hydrogens is 210 g/mol. The van der Waals surface area contributed by atoms with Crippen LogP contribution in [0.5, 0.6) is 0 Å². The Morgan fingerprint density at radius 3 is 2.76 bits per heavy atom. The molecule has 1 N–H and O–H groups in total. The lowest BCUT2D eigenvalue weighted by atomic mass is 9.87. The van der Waals surface area contributed by atoms with E-state index < -0.39 is 0 Å². The van der Waals surface area contributed by atoms with Crippen LogP contribution in [0.1, 0.15) is 38.4 Å². The molecule has 3 rings (SSSR count). The summed E-state index contributed by atoms with van der Waals surface area (Å²) < 4.78 is 6.35. The highest BCUT2D eigenvalue weighted by molar-refractivity contribution is 5.19. The highest BCUT2D eigenvalue weighted by atomic mass is 16.5. The van der Waals surface area contributed by atoms with Crippen molar-refractivity contribution in [3.8, 4) is 0 Å². The summed E-state index contributed by atoms with van der Waals surface area (Å²) in [7, 11) is 0. The van der Waals surface area contributed by atoms with Gasteiger partial charge in [0.1, 0.15) is 0 Å². The minimum Gasteiger partial charge on any atom is -0.367 e. The first-order valence-corrected chi connectivity index (χ1v) is 6.61. The van der Waals surface area contributed by atoms with Crippen LogP contribution in [0.2, 0.25) is 0 Å². The maximum atomic E-state index is 6.35. The van der Waals surface area contributed by atoms with Crippen LogP contribution in [0.4, 0.5) is 0 Å². The molecule has 1 aromatic rings. The second-order valence-corrected chi connectivity index (χ2v) is 6.00. The molecule has 0 amide bonds. The van der Waals surface area contributed by atoms with Gasteiger partial charge in [0.25, 0.3) is 0 Å². The summed E-state index contributed by atoms with van der Waals surface area (Å²) in [5.41, 5.74) is 1.60. The number of ether oxygens (including phenoxy) is 1. The summed E-state index contributed by atoms with van der Waals surface area (Å²) in [6.45, 7) is 5.60. The van der Waals surface area contributed by atoms with E-state index in [2.05, 4.69) is 49.5 Å². The molecule has 1 aromatic carbocycles. The first-order valence-electron chi connectivity index (χ1n) is 6.61. The molecule has 0 bridgehead atoms. The SMILES string of the molecule is CC1(C)CCC2NCC(c3ccccc3)OC21. The zero-order valence-electron chi connectivity index (χ0n) is 10.6. The average Bonchev–Trinajstić information content (AvgIpc) is 2.66. The van der Waals surface area contributed by atoms with Crippen LogP contribution >= 0.6 is 0 Å². The molecule has 2 nitrogen and oxygen atoms in total. The van der Waals surface area contributed by atoms with Crippen molar-refractivity contribution in [2.24, 2.45) is 5.41 Å². The summed E-state index contributed by atoms with van der Waals surface area (Å²) in [4.78, 5) is 0. The van der Waals surface area contributed by atoms with E-state index in [4.69, 9.17) is 4.74 Å². The predicted molar refractivity (Wildman–Crippen MR) is 68.9 cm³/mol. The van der Waals surface area contributed by atoms with E-state index >= 15 is 0 Å². The molecule has 92 valence electrons. The third-order valence-electron chi connectivity index (χ3n) is 4.28. The first-order chi connectivity index (χ1) is 8.17. The van der Waals surface area contributed by atoms with Gasteiger partial charge in [-0.1, -0.05) is 44.2 Å². The lowest BCUT2D eigenvalue weighted by molar-refractivity contribution is -0.0947. The molecule has 0 aromatic heterocycles. The highest BCUT2D eigenvalue weighted by Gasteiger charge is 2.46. The highest BCUT2D eigenvalue weighted by Crippen LogP contribution is 2.43. The summed E-state index contributed by atoms with van der Waals surface area (Å²) in [6.07, 6.45) is 3.09. The Morgan fingerprint density at radius 1 is 1.24 bits per heavy atom. The van der Waals surface area contributed by atoms with E-state index in [0.29, 0.717) is 17.6 Å². The average molecular weight is 231 g/mol. The molecule has 2 fully saturated rings. The van der Waals surface area contributed by atoms with Gasteiger partial charge < -0.3 is 10.1 Å². The van der Waals surface area contributed by atoms with Crippen LogP contribution in [0.25, 0.3) is 0 Å². The number of fused-ring (bicyclic) bond motifs is 1. The fourth-order valence-corrected chi connectivity index (χ4v) is 3.20. The minimum atomic E-state index is 0.217. The Bertz CT molecular complexity index is 387. The second-order valence-electron chi connectivity index (χ2n) is 6.00. The molecule has 2 heteroatoms. The van der Waals surface area contributed by atoms with Crippen LogP contribution < -0.4 is 5.32 Å². The number of benzene rings is 1. The van der Waals surface area contributed by atoms with Crippen LogP contribution in [-0.2, 0) is 4.74 Å². The third-order valence-corrected chi connectivity index (χ3v) is 4.28. The Hall–Kier alpha value is -0.860. The van der Waals surface area contributed by atoms with Gasteiger partial charge in [-0.25, -0.2) is 0 Å². The molecule has 1 saturated carbocycles. The predicted octanol–water partition coefficient (Wildman–Crippen LogP) is 2.90. The molecule has 0 spiro atoms. The number of hydrogen-bond donors (Lipinski definition) is 1. The second kappa shape index (κ2) is 4.11. The van der Waals surface area contributed by atoms with E-state index in [0.717, 1.165) is 6.54 Å². The van der Waals surface area contributed by atoms with E-state index in [1.807, 2.05) is 0 Å². The Kier molecular flexibility index (Phi) is 2.72. The molecule has 17 heavy (non-hydrogen) atoms. The van der Waals surface area contributed by atoms with Gasteiger partial charge >= 0.3 is 0 Å². The molecule has 1 heterocycles. The summed E-state index contributed by atoms with van der Waals surface area (Å²) >= 11 is 0. The summed E-state index contributed by atoms with van der Waals surface area (Å²) in [6, 6.07) is 11.1. The molecular formula is C15H21NO. The van der Waals surface area contributed by atoms with E-state index in [1.54, 1.807) is 0 Å². The Morgan fingerprint density at radius 2 is 2.00 bits per heavy atom. The fourth-order valence-electron chi connectivity index (χ4n) is 3.20. The fraction of sp³-hybridized carbons (Fsp3) is 0.600. The molecule has 1 aliphatic carbocycles. The number of hydrogen-bond acceptors (Lipinski definition) is 2. The van der Waals surface area contributed by atoms with Crippen molar-refractivity contribution >= 4 is 0 Å². The minimum absolute atomic E-state index is 0.217. The molecule has 0 radical (unpaired) electrons. The molecule has 1 saturated heterocycles. The maximum absolute atomic E-state index is 6.35. The standard InChI is InChI=1S/C15H21NO/c1-15(2)9-8-12-14(15)17-13(10-16-12)11-6-4-3-5-7-11/h3-7,12-14,16H,8-10H2,1-2H3. The van der Waals surface area contributed by atoms with Gasteiger partial charge in [-0.05, 0) is 23.8 Å². The Labute approximate surface area is 103 Å². The van der Waals surface area contributed by atoms with Crippen molar-refractivity contribution in [1.29, 1.82) is 0 Å². The zero-order valence-corrected chi connectivity index (χ0v) is 10.6. The van der Waals surface area contributed by atoms with Crippen molar-refractivity contribution in [3.05, 3.63) is 35.9 Å². The molecule has 3 unspecified atom stereocenters. The molecule has 2 aliphatic rings. The summed E-state index contributed by atoms with van der Waals surface area (Å²) in [5, 5.41) is 3.66. The van der Waals surface area contributed by atoms with Crippen LogP contribution in [0, 0.1) is 5.41 Å². The van der Waals surface area contributed by atoms with Crippen LogP contribution in [-0.4, -0.2) is 18.7 Å². The quantitative estimate of drug-likeness (QED) is 0.802. The first kappa shape index (κ1) is 11.2. The number of nitrogens with one attached hydrogen (secondary N) is 1. The normalized spacial score (nSPS) is 35.5. The lowest BCUT2D eigenvalue weighted by Gasteiger charge is -2.39. The Balaban J connectivity index is 1.79. The van der Waals surface area contributed by atoms with Gasteiger partial charge in [0.2, 0.25) is 0 Å². The molecule has 1 aliphatic heterocycles. The van der Waals surface area contributed by atoms with E-state index in [9.17, 15) is 0 Å². The maximum Gasteiger partial charge on any atom is 0.0954 e. The van der Waals surface area contributed by atoms with Gasteiger partial charge in [0.05, 0.1) is 12.2 Å². The largest absolute Gasteiger partial charge is 0.367 e. The van der Waals surface area contributed by atoms with Crippen molar-refractivity contribution in [2.75, 3.05) is 6.54 Å². The van der Waals surface area contributed by atoms with Gasteiger partial charge in [-0.3, -0.25) is 0 Å². The van der Waals surface area contributed by atoms with Gasteiger partial charge in [-0.15, -0.1) is 0 Å². The molecule has 3 atom stereocenters. The van der Waals surface area contributed by atoms with Crippen molar-refractivity contribution in [3.63, 3.8) is 0 Å². The van der Waals surface area contributed by atoms with Gasteiger partial charge in [0, 0.05) is 12.6 Å². The van der Waals surface area contributed by atoms with Crippen LogP contribution in [0.3, 0.4) is 0 Å². The number of rotatable bonds is 1. The van der Waals surface area contributed by atoms with Crippen molar-refractivity contribution in [2.45, 2.75) is 44.9 Å². The van der Waals surface area contributed by atoms with Crippen LogP contribution in [0.15, 0.2) is 30.3 Å². The number of morpholine rings is 1. The van der Waals surface area contributed by atoms with Crippen molar-refractivity contribution in [1.82, 2.24) is 5.32 Å². The topological polar surface area (TPSA) is 21.3 Å². The van der Waals surface area contributed by atoms with E-state index in [1.165, 1.54) is 18.4 Å². The summed E-state index contributed by atoms with van der Waals surface area (Å²) in [5.74, 6) is 0. The van der Waals surface area contributed by atoms with Gasteiger partial charge in [-0.2, -0.15) is 0 Å². The monoisotopic (exact) mass is 231 g/mol. The van der Waals surface area contributed by atoms with E-state index in [-0.39, 0.29) is 6.10 Å². The van der Waals surface area contributed by atoms with Gasteiger partial charge in [0.15, 0.2) is 0 Å².